The molecule has 0 heterocycles. The van der Waals surface area contributed by atoms with Crippen molar-refractivity contribution in [2.24, 2.45) is 5.10 Å². The molecule has 142 valence electrons. The van der Waals surface area contributed by atoms with Crippen molar-refractivity contribution in [1.29, 1.82) is 0 Å². The Morgan fingerprint density at radius 3 is 2.50 bits per heavy atom. The normalized spacial score (nSPS) is 11.3. The second-order valence-electron chi connectivity index (χ2n) is 6.17. The number of amides is 2. The molecule has 0 spiro atoms. The van der Waals surface area contributed by atoms with Gasteiger partial charge in [-0.1, -0.05) is 59.6 Å². The zero-order valence-corrected chi connectivity index (χ0v) is 16.5. The van der Waals surface area contributed by atoms with Gasteiger partial charge in [-0.3, -0.25) is 9.59 Å². The summed E-state index contributed by atoms with van der Waals surface area (Å²) in [6.45, 7) is 1.66. The lowest BCUT2D eigenvalue weighted by Crippen LogP contribution is -2.21. The van der Waals surface area contributed by atoms with Crippen molar-refractivity contribution in [3.05, 3.63) is 76.3 Å². The molecule has 7 heteroatoms. The maximum atomic E-state index is 12.5. The van der Waals surface area contributed by atoms with Gasteiger partial charge in [-0.05, 0) is 42.0 Å². The van der Waals surface area contributed by atoms with Crippen LogP contribution in [-0.4, -0.2) is 17.5 Å². The van der Waals surface area contributed by atoms with Crippen LogP contribution in [0.15, 0.2) is 65.8 Å². The first-order valence-corrected chi connectivity index (χ1v) is 9.26. The Kier molecular flexibility index (Phi) is 6.29. The molecule has 28 heavy (non-hydrogen) atoms. The lowest BCUT2D eigenvalue weighted by atomic mass is 10.0. The molecule has 0 radical (unpaired) electrons. The molecule has 2 N–H and O–H groups in total. The number of anilines is 1. The van der Waals surface area contributed by atoms with E-state index in [9.17, 15) is 9.59 Å². The van der Waals surface area contributed by atoms with Crippen LogP contribution in [-0.2, 0) is 4.79 Å². The van der Waals surface area contributed by atoms with Crippen molar-refractivity contribution in [1.82, 2.24) is 5.43 Å². The average molecular weight is 414 g/mol. The summed E-state index contributed by atoms with van der Waals surface area (Å²) in [6, 6.07) is 17.9. The van der Waals surface area contributed by atoms with Crippen LogP contribution in [0.4, 0.5) is 5.69 Å². The molecular formula is C21H17Cl2N3O2. The molecule has 0 aliphatic carbocycles. The number of rotatable bonds is 5. The molecule has 0 aliphatic rings. The minimum atomic E-state index is -0.332. The number of hydrogen-bond donors (Lipinski definition) is 2. The number of carbonyl (C=O) groups excluding carboxylic acids is 2. The van der Waals surface area contributed by atoms with E-state index in [1.165, 1.54) is 0 Å². The molecule has 0 aliphatic heterocycles. The Labute approximate surface area is 172 Å². The van der Waals surface area contributed by atoms with Crippen LogP contribution < -0.4 is 10.7 Å². The van der Waals surface area contributed by atoms with Crippen molar-refractivity contribution in [3.63, 3.8) is 0 Å². The van der Waals surface area contributed by atoms with Gasteiger partial charge in [0.25, 0.3) is 5.91 Å². The Balaban J connectivity index is 1.62. The number of fused-ring (bicyclic) bond motifs is 1. The van der Waals surface area contributed by atoms with Crippen LogP contribution in [0.5, 0.6) is 0 Å². The van der Waals surface area contributed by atoms with Gasteiger partial charge in [0.15, 0.2) is 0 Å². The fourth-order valence-corrected chi connectivity index (χ4v) is 2.98. The third-order valence-electron chi connectivity index (χ3n) is 4.00. The first-order valence-electron chi connectivity index (χ1n) is 8.50. The van der Waals surface area contributed by atoms with E-state index in [0.29, 0.717) is 27.0 Å². The first kappa shape index (κ1) is 19.9. The summed E-state index contributed by atoms with van der Waals surface area (Å²) in [7, 11) is 0. The van der Waals surface area contributed by atoms with Gasteiger partial charge < -0.3 is 5.32 Å². The summed E-state index contributed by atoms with van der Waals surface area (Å²) in [5, 5.41) is 9.31. The number of carbonyl (C=O) groups is 2. The Bertz CT molecular complexity index is 1070. The van der Waals surface area contributed by atoms with Crippen LogP contribution in [0.1, 0.15) is 23.7 Å². The van der Waals surface area contributed by atoms with Gasteiger partial charge in [0.1, 0.15) is 0 Å². The van der Waals surface area contributed by atoms with E-state index < -0.39 is 0 Å². The highest BCUT2D eigenvalue weighted by atomic mass is 35.5. The second-order valence-corrected chi connectivity index (χ2v) is 6.98. The fraction of sp³-hybridized carbons (Fsp3) is 0.0952. The number of hydrazone groups is 1. The van der Waals surface area contributed by atoms with Crippen molar-refractivity contribution in [2.75, 3.05) is 5.32 Å². The molecular weight excluding hydrogens is 397 g/mol. The molecule has 0 saturated carbocycles. The predicted molar refractivity (Wildman–Crippen MR) is 114 cm³/mol. The van der Waals surface area contributed by atoms with Crippen LogP contribution in [0.3, 0.4) is 0 Å². The summed E-state index contributed by atoms with van der Waals surface area (Å²) >= 11 is 11.8. The van der Waals surface area contributed by atoms with E-state index in [1.54, 1.807) is 31.2 Å². The van der Waals surface area contributed by atoms with Gasteiger partial charge in [-0.15, -0.1) is 0 Å². The molecule has 2 amide bonds. The summed E-state index contributed by atoms with van der Waals surface area (Å²) < 4.78 is 0. The van der Waals surface area contributed by atoms with Crippen LogP contribution in [0.2, 0.25) is 10.0 Å². The standard InChI is InChI=1S/C21H17Cl2N3O2/c1-13(11-20(27)24-15-9-10-18(22)19(23)12-15)25-26-21(28)17-8-4-6-14-5-2-3-7-16(14)17/h2-10,12H,11H2,1H3,(H,24,27)(H,26,28)/b25-13+. The molecule has 0 fully saturated rings. The third-order valence-corrected chi connectivity index (χ3v) is 4.74. The Morgan fingerprint density at radius 2 is 1.71 bits per heavy atom. The summed E-state index contributed by atoms with van der Waals surface area (Å²) in [5.41, 5.74) is 4.03. The Hall–Kier alpha value is -2.89. The van der Waals surface area contributed by atoms with Crippen molar-refractivity contribution in [2.45, 2.75) is 13.3 Å². The Morgan fingerprint density at radius 1 is 0.964 bits per heavy atom. The maximum Gasteiger partial charge on any atom is 0.271 e. The van der Waals surface area contributed by atoms with Gasteiger partial charge in [-0.2, -0.15) is 5.10 Å². The highest BCUT2D eigenvalue weighted by Gasteiger charge is 2.10. The summed E-state index contributed by atoms with van der Waals surface area (Å²) in [5.74, 6) is -0.611. The number of nitrogens with one attached hydrogen (secondary N) is 2. The topological polar surface area (TPSA) is 70.6 Å². The monoisotopic (exact) mass is 413 g/mol. The molecule has 5 nitrogen and oxygen atoms in total. The number of halogens is 2. The molecule has 0 saturated heterocycles. The quantitative estimate of drug-likeness (QED) is 0.441. The van der Waals surface area contributed by atoms with Gasteiger partial charge >= 0.3 is 0 Å². The van der Waals surface area contributed by atoms with Crippen LogP contribution in [0.25, 0.3) is 10.8 Å². The van der Waals surface area contributed by atoms with E-state index in [2.05, 4.69) is 15.8 Å². The van der Waals surface area contributed by atoms with Crippen LogP contribution >= 0.6 is 23.2 Å². The zero-order valence-electron chi connectivity index (χ0n) is 15.0. The van der Waals surface area contributed by atoms with E-state index in [1.807, 2.05) is 36.4 Å². The SMILES string of the molecule is C/C(CC(=O)Nc1ccc(Cl)c(Cl)c1)=N\NC(=O)c1cccc2ccccc12. The van der Waals surface area contributed by atoms with E-state index in [4.69, 9.17) is 23.2 Å². The van der Waals surface area contributed by atoms with Crippen molar-refractivity contribution >= 4 is 57.2 Å². The van der Waals surface area contributed by atoms with E-state index >= 15 is 0 Å². The van der Waals surface area contributed by atoms with Gasteiger partial charge in [0.2, 0.25) is 5.91 Å². The van der Waals surface area contributed by atoms with Crippen molar-refractivity contribution in [3.8, 4) is 0 Å². The zero-order chi connectivity index (χ0) is 20.1. The number of nitrogens with zero attached hydrogens (tertiary/aromatic N) is 1. The first-order chi connectivity index (χ1) is 13.4. The largest absolute Gasteiger partial charge is 0.326 e. The van der Waals surface area contributed by atoms with Gasteiger partial charge in [0, 0.05) is 17.0 Å². The van der Waals surface area contributed by atoms with E-state index in [-0.39, 0.29) is 18.2 Å². The fourth-order valence-electron chi connectivity index (χ4n) is 2.68. The minimum Gasteiger partial charge on any atom is -0.326 e. The second kappa shape index (κ2) is 8.87. The minimum absolute atomic E-state index is 0.0239. The predicted octanol–water partition coefficient (Wildman–Crippen LogP) is 5.28. The molecule has 0 aromatic heterocycles. The maximum absolute atomic E-state index is 12.5. The van der Waals surface area contributed by atoms with Crippen LogP contribution in [0, 0.1) is 0 Å². The smallest absolute Gasteiger partial charge is 0.271 e. The molecule has 0 atom stereocenters. The lowest BCUT2D eigenvalue weighted by Gasteiger charge is -2.07. The van der Waals surface area contributed by atoms with Gasteiger partial charge in [-0.25, -0.2) is 5.43 Å². The molecule has 3 rings (SSSR count). The molecule has 0 unspecified atom stereocenters. The van der Waals surface area contributed by atoms with Crippen molar-refractivity contribution < 1.29 is 9.59 Å². The van der Waals surface area contributed by atoms with Gasteiger partial charge in [0.05, 0.1) is 16.5 Å². The average Bonchev–Trinajstić information content (AvgIpc) is 2.68. The van der Waals surface area contributed by atoms with E-state index in [0.717, 1.165) is 10.8 Å². The summed E-state index contributed by atoms with van der Waals surface area (Å²) in [4.78, 5) is 24.6. The summed E-state index contributed by atoms with van der Waals surface area (Å²) in [6.07, 6.45) is 0.0239. The highest BCUT2D eigenvalue weighted by molar-refractivity contribution is 6.42. The number of hydrogen-bond acceptors (Lipinski definition) is 3. The third kappa shape index (κ3) is 4.88. The lowest BCUT2D eigenvalue weighted by molar-refractivity contribution is -0.115. The highest BCUT2D eigenvalue weighted by Crippen LogP contribution is 2.25. The molecule has 0 bridgehead atoms. The number of benzene rings is 3. The molecule has 3 aromatic carbocycles. The molecule has 3 aromatic rings.